The Kier molecular flexibility index (Phi) is 3.33. The van der Waals surface area contributed by atoms with Crippen molar-refractivity contribution in [1.29, 1.82) is 0 Å². The molecule has 3 rings (SSSR count). The first-order valence-corrected chi connectivity index (χ1v) is 6.45. The van der Waals surface area contributed by atoms with Gasteiger partial charge >= 0.3 is 0 Å². The lowest BCUT2D eigenvalue weighted by atomic mass is 9.88. The molecule has 0 radical (unpaired) electrons. The molecular weight excluding hydrogens is 194 g/mol. The molecule has 0 saturated carbocycles. The van der Waals surface area contributed by atoms with Crippen LogP contribution in [0.15, 0.2) is 18.3 Å². The Hall–Kier alpha value is -1.24. The Morgan fingerprint density at radius 3 is 2.62 bits per heavy atom. The van der Waals surface area contributed by atoms with Gasteiger partial charge in [0, 0.05) is 17.1 Å². The van der Waals surface area contributed by atoms with Crippen molar-refractivity contribution in [1.82, 2.24) is 4.98 Å². The fourth-order valence-electron chi connectivity index (χ4n) is 2.66. The van der Waals surface area contributed by atoms with Gasteiger partial charge in [0.1, 0.15) is 0 Å². The van der Waals surface area contributed by atoms with Crippen LogP contribution < -0.4 is 0 Å². The molecule has 1 N–H and O–H groups in total. The Bertz CT molecular complexity index is 479. The predicted octanol–water partition coefficient (Wildman–Crippen LogP) is 4.38. The van der Waals surface area contributed by atoms with Crippen LogP contribution >= 0.6 is 0 Å². The summed E-state index contributed by atoms with van der Waals surface area (Å²) in [5, 5.41) is 1.49. The zero-order chi connectivity index (χ0) is 11.5. The molecule has 1 aromatic carbocycles. The Balaban J connectivity index is 0.000000457. The lowest BCUT2D eigenvalue weighted by Crippen LogP contribution is -2.02. The van der Waals surface area contributed by atoms with Crippen LogP contribution in [0.4, 0.5) is 0 Å². The third-order valence-electron chi connectivity index (χ3n) is 3.37. The molecule has 0 unspecified atom stereocenters. The second kappa shape index (κ2) is 4.73. The quantitative estimate of drug-likeness (QED) is 0.671. The standard InChI is InChI=1S/C13H15N.C2H6/c1-9-8-14-12-7-6-10-4-2-3-5-11(10)13(9)12;1-2/h6-8,14H,2-5H2,1H3;1-2H3. The topological polar surface area (TPSA) is 15.8 Å². The summed E-state index contributed by atoms with van der Waals surface area (Å²) in [5.74, 6) is 0. The molecule has 0 bridgehead atoms. The van der Waals surface area contributed by atoms with Gasteiger partial charge in [0.25, 0.3) is 0 Å². The summed E-state index contributed by atoms with van der Waals surface area (Å²) >= 11 is 0. The van der Waals surface area contributed by atoms with Crippen LogP contribution in [0.1, 0.15) is 43.4 Å². The van der Waals surface area contributed by atoms with E-state index in [1.165, 1.54) is 42.1 Å². The molecule has 0 spiro atoms. The van der Waals surface area contributed by atoms with Gasteiger partial charge in [-0.3, -0.25) is 0 Å². The molecule has 0 saturated heterocycles. The number of rotatable bonds is 0. The van der Waals surface area contributed by atoms with Gasteiger partial charge in [-0.05, 0) is 55.4 Å². The monoisotopic (exact) mass is 215 g/mol. The van der Waals surface area contributed by atoms with Crippen LogP contribution in [-0.2, 0) is 12.8 Å². The highest BCUT2D eigenvalue weighted by Crippen LogP contribution is 2.30. The average Bonchev–Trinajstić information content (AvgIpc) is 2.74. The van der Waals surface area contributed by atoms with E-state index in [4.69, 9.17) is 0 Å². The lowest BCUT2D eigenvalue weighted by molar-refractivity contribution is 0.690. The van der Waals surface area contributed by atoms with E-state index in [-0.39, 0.29) is 0 Å². The summed E-state index contributed by atoms with van der Waals surface area (Å²) in [5.41, 5.74) is 5.89. The van der Waals surface area contributed by atoms with Crippen molar-refractivity contribution in [3.63, 3.8) is 0 Å². The van der Waals surface area contributed by atoms with Crippen LogP contribution in [0, 0.1) is 6.92 Å². The summed E-state index contributed by atoms with van der Waals surface area (Å²) in [6.07, 6.45) is 7.39. The van der Waals surface area contributed by atoms with Gasteiger partial charge in [0.05, 0.1) is 0 Å². The number of hydrogen-bond donors (Lipinski definition) is 1. The lowest BCUT2D eigenvalue weighted by Gasteiger charge is -2.16. The van der Waals surface area contributed by atoms with E-state index in [0.29, 0.717) is 0 Å². The first-order chi connectivity index (χ1) is 7.86. The summed E-state index contributed by atoms with van der Waals surface area (Å²) in [7, 11) is 0. The van der Waals surface area contributed by atoms with Crippen LogP contribution in [-0.4, -0.2) is 4.98 Å². The van der Waals surface area contributed by atoms with Gasteiger partial charge in [-0.25, -0.2) is 0 Å². The molecule has 1 aliphatic rings. The number of fused-ring (bicyclic) bond motifs is 3. The summed E-state index contributed by atoms with van der Waals surface area (Å²) in [6.45, 7) is 6.20. The molecule has 86 valence electrons. The fourth-order valence-corrected chi connectivity index (χ4v) is 2.66. The molecule has 16 heavy (non-hydrogen) atoms. The normalized spacial score (nSPS) is 14.2. The van der Waals surface area contributed by atoms with Gasteiger partial charge in [-0.15, -0.1) is 0 Å². The molecule has 1 aromatic heterocycles. The number of aromatic nitrogens is 1. The van der Waals surface area contributed by atoms with E-state index >= 15 is 0 Å². The van der Waals surface area contributed by atoms with Crippen LogP contribution in [0.3, 0.4) is 0 Å². The minimum atomic E-state index is 1.27. The van der Waals surface area contributed by atoms with E-state index in [1.54, 1.807) is 11.1 Å². The van der Waals surface area contributed by atoms with E-state index in [9.17, 15) is 0 Å². The number of hydrogen-bond acceptors (Lipinski definition) is 0. The minimum absolute atomic E-state index is 1.27. The Morgan fingerprint density at radius 1 is 1.06 bits per heavy atom. The molecule has 0 aliphatic heterocycles. The van der Waals surface area contributed by atoms with E-state index in [1.807, 2.05) is 13.8 Å². The third kappa shape index (κ3) is 1.75. The number of nitrogens with one attached hydrogen (secondary N) is 1. The Morgan fingerprint density at radius 2 is 1.81 bits per heavy atom. The summed E-state index contributed by atoms with van der Waals surface area (Å²) in [4.78, 5) is 3.34. The van der Waals surface area contributed by atoms with Gasteiger partial charge in [0.15, 0.2) is 0 Å². The maximum Gasteiger partial charge on any atom is 0.0459 e. The number of benzene rings is 1. The van der Waals surface area contributed by atoms with Crippen molar-refractivity contribution in [2.24, 2.45) is 0 Å². The first-order valence-electron chi connectivity index (χ1n) is 6.45. The second-order valence-electron chi connectivity index (χ2n) is 4.30. The minimum Gasteiger partial charge on any atom is -0.361 e. The van der Waals surface area contributed by atoms with Gasteiger partial charge in [-0.2, -0.15) is 0 Å². The van der Waals surface area contributed by atoms with Crippen molar-refractivity contribution < 1.29 is 0 Å². The molecule has 1 heteroatoms. The smallest absolute Gasteiger partial charge is 0.0459 e. The highest BCUT2D eigenvalue weighted by atomic mass is 14.7. The molecular formula is C15H21N. The van der Waals surface area contributed by atoms with Crippen LogP contribution in [0.5, 0.6) is 0 Å². The number of aryl methyl sites for hydroxylation is 3. The fraction of sp³-hybridized carbons (Fsp3) is 0.467. The number of H-pyrrole nitrogens is 1. The van der Waals surface area contributed by atoms with Crippen molar-refractivity contribution in [3.8, 4) is 0 Å². The van der Waals surface area contributed by atoms with E-state index in [2.05, 4.69) is 30.2 Å². The molecule has 0 amide bonds. The van der Waals surface area contributed by atoms with Gasteiger partial charge in [-0.1, -0.05) is 19.9 Å². The molecule has 0 fully saturated rings. The Labute approximate surface area is 97.9 Å². The van der Waals surface area contributed by atoms with Gasteiger partial charge < -0.3 is 4.98 Å². The molecule has 0 atom stereocenters. The van der Waals surface area contributed by atoms with Crippen molar-refractivity contribution in [2.75, 3.05) is 0 Å². The predicted molar refractivity (Wildman–Crippen MR) is 71.0 cm³/mol. The van der Waals surface area contributed by atoms with Crippen LogP contribution in [0.25, 0.3) is 10.9 Å². The highest BCUT2D eigenvalue weighted by molar-refractivity contribution is 5.87. The average molecular weight is 215 g/mol. The highest BCUT2D eigenvalue weighted by Gasteiger charge is 2.13. The maximum atomic E-state index is 3.34. The summed E-state index contributed by atoms with van der Waals surface area (Å²) < 4.78 is 0. The van der Waals surface area contributed by atoms with Crippen LogP contribution in [0.2, 0.25) is 0 Å². The van der Waals surface area contributed by atoms with E-state index < -0.39 is 0 Å². The number of aromatic amines is 1. The third-order valence-corrected chi connectivity index (χ3v) is 3.37. The molecule has 1 nitrogen and oxygen atoms in total. The first kappa shape index (κ1) is 11.3. The second-order valence-corrected chi connectivity index (χ2v) is 4.30. The van der Waals surface area contributed by atoms with Crippen molar-refractivity contribution >= 4 is 10.9 Å². The van der Waals surface area contributed by atoms with Crippen molar-refractivity contribution in [2.45, 2.75) is 46.5 Å². The molecule has 2 aromatic rings. The molecule has 1 heterocycles. The van der Waals surface area contributed by atoms with Gasteiger partial charge in [0.2, 0.25) is 0 Å². The van der Waals surface area contributed by atoms with Crippen molar-refractivity contribution in [3.05, 3.63) is 35.0 Å². The SMILES string of the molecule is CC.Cc1c[nH]c2ccc3c(c12)CCCC3. The van der Waals surface area contributed by atoms with E-state index in [0.717, 1.165) is 0 Å². The maximum absolute atomic E-state index is 3.34. The zero-order valence-corrected chi connectivity index (χ0v) is 10.6. The molecule has 1 aliphatic carbocycles. The largest absolute Gasteiger partial charge is 0.361 e. The summed E-state index contributed by atoms with van der Waals surface area (Å²) in [6, 6.07) is 4.53. The zero-order valence-electron chi connectivity index (χ0n) is 10.6.